The molecule has 2 nitrogen and oxygen atoms in total. The van der Waals surface area contributed by atoms with Crippen LogP contribution in [0, 0.1) is 0 Å². The van der Waals surface area contributed by atoms with Crippen molar-refractivity contribution in [1.82, 2.24) is 0 Å². The van der Waals surface area contributed by atoms with Gasteiger partial charge >= 0.3 is 102 Å². The Morgan fingerprint density at radius 2 is 1.44 bits per heavy atom. The van der Waals surface area contributed by atoms with Crippen molar-refractivity contribution in [2.24, 2.45) is 0 Å². The van der Waals surface area contributed by atoms with Gasteiger partial charge in [-0.05, 0) is 0 Å². The minimum absolute atomic E-state index is 0.392. The van der Waals surface area contributed by atoms with Crippen LogP contribution < -0.4 is 0 Å². The van der Waals surface area contributed by atoms with Gasteiger partial charge in [-0.3, -0.25) is 0 Å². The first-order valence-electron chi connectivity index (χ1n) is 6.74. The maximum absolute atomic E-state index is 11.8. The van der Waals surface area contributed by atoms with E-state index in [1.54, 1.807) is 0 Å². The fourth-order valence-corrected chi connectivity index (χ4v) is 15.0. The molecule has 0 rings (SSSR count). The van der Waals surface area contributed by atoms with Crippen molar-refractivity contribution in [2.75, 3.05) is 0 Å². The molecule has 0 aromatic rings. The third-order valence-electron chi connectivity index (χ3n) is 4.63. The van der Waals surface area contributed by atoms with Crippen LogP contribution in [0.3, 0.4) is 0 Å². The molecule has 0 spiro atoms. The predicted molar refractivity (Wildman–Crippen MR) is 74.2 cm³/mol. The average Bonchev–Trinajstić information content (AvgIpc) is 2.31. The molecule has 98 valence electrons. The molecule has 0 saturated heterocycles. The van der Waals surface area contributed by atoms with E-state index in [-0.39, 0.29) is 0 Å². The molecule has 0 saturated carbocycles. The molecule has 0 aliphatic heterocycles. The summed E-state index contributed by atoms with van der Waals surface area (Å²) >= 11 is -3.33. The van der Waals surface area contributed by atoms with Crippen LogP contribution in [0.1, 0.15) is 53.4 Å². The van der Waals surface area contributed by atoms with Crippen molar-refractivity contribution in [3.63, 3.8) is 0 Å². The molecule has 0 aromatic carbocycles. The summed E-state index contributed by atoms with van der Waals surface area (Å²) < 4.78 is 3.48. The Morgan fingerprint density at radius 1 is 0.938 bits per heavy atom. The standard InChI is InChI=1S/C6H13.3C2H5.CHO2.Sb/c1-3-5-6-4-2;3*1-2;2-1-3;/h1,3-6H2,2H3;3*1H2,2H3;(H,2,3);. The fraction of sp³-hybridized carbons (Fsp3) is 0.923. The number of unbranched alkanes of at least 4 members (excludes halogenated alkanes) is 3. The zero-order valence-electron chi connectivity index (χ0n) is 11.5. The van der Waals surface area contributed by atoms with Crippen LogP contribution in [0.5, 0.6) is 0 Å². The van der Waals surface area contributed by atoms with Crippen LogP contribution in [0.4, 0.5) is 4.79 Å². The Morgan fingerprint density at radius 3 is 1.75 bits per heavy atom. The topological polar surface area (TPSA) is 37.3 Å². The third-order valence-corrected chi connectivity index (χ3v) is 26.2. The van der Waals surface area contributed by atoms with Gasteiger partial charge in [0.05, 0.1) is 0 Å². The van der Waals surface area contributed by atoms with Crippen molar-refractivity contribution >= 4 is 21.3 Å². The molecule has 0 fully saturated rings. The van der Waals surface area contributed by atoms with Crippen LogP contribution in [-0.4, -0.2) is 26.4 Å². The zero-order valence-corrected chi connectivity index (χ0v) is 14.0. The Balaban J connectivity index is 4.71. The first kappa shape index (κ1) is 16.3. The van der Waals surface area contributed by atoms with Gasteiger partial charge in [0, 0.05) is 0 Å². The Labute approximate surface area is 102 Å². The van der Waals surface area contributed by atoms with Crippen LogP contribution in [-0.2, 0) is 0 Å². The molecule has 0 aromatic heterocycles. The SMILES string of the molecule is CCCCC[CH2][Sb]([CH2]C)([CH2]C)([CH2]C)[C](=O)O. The van der Waals surface area contributed by atoms with Crippen LogP contribution in [0.2, 0.25) is 17.5 Å². The van der Waals surface area contributed by atoms with Crippen LogP contribution in [0.15, 0.2) is 0 Å². The van der Waals surface area contributed by atoms with Crippen molar-refractivity contribution < 1.29 is 9.90 Å². The summed E-state index contributed by atoms with van der Waals surface area (Å²) in [5.74, 6) is 0. The van der Waals surface area contributed by atoms with E-state index in [0.29, 0.717) is 0 Å². The van der Waals surface area contributed by atoms with Crippen molar-refractivity contribution in [2.45, 2.75) is 70.8 Å². The molecule has 0 heterocycles. The van der Waals surface area contributed by atoms with Crippen molar-refractivity contribution in [3.8, 4) is 0 Å². The molecule has 0 bridgehead atoms. The van der Waals surface area contributed by atoms with Crippen molar-refractivity contribution in [1.29, 1.82) is 0 Å². The quantitative estimate of drug-likeness (QED) is 0.458. The van der Waals surface area contributed by atoms with Crippen LogP contribution in [0.25, 0.3) is 0 Å². The van der Waals surface area contributed by atoms with E-state index >= 15 is 0 Å². The van der Waals surface area contributed by atoms with Gasteiger partial charge in [-0.1, -0.05) is 0 Å². The molecule has 0 amide bonds. The van der Waals surface area contributed by atoms with E-state index in [9.17, 15) is 9.90 Å². The predicted octanol–water partition coefficient (Wildman–Crippen LogP) is 5.29. The van der Waals surface area contributed by atoms with E-state index in [1.807, 2.05) is 0 Å². The maximum atomic E-state index is 11.8. The first-order chi connectivity index (χ1) is 7.51. The van der Waals surface area contributed by atoms with Gasteiger partial charge in [-0.2, -0.15) is 0 Å². The fourth-order valence-electron chi connectivity index (χ4n) is 2.60. The molecule has 1 N–H and O–H groups in total. The van der Waals surface area contributed by atoms with E-state index < -0.39 is 21.3 Å². The summed E-state index contributed by atoms with van der Waals surface area (Å²) in [4.78, 5) is 11.8. The summed E-state index contributed by atoms with van der Waals surface area (Å²) in [5, 5.41) is 9.72. The molecule has 3 heteroatoms. The van der Waals surface area contributed by atoms with E-state index in [4.69, 9.17) is 0 Å². The molecule has 16 heavy (non-hydrogen) atoms. The monoisotopic (exact) mass is 338 g/mol. The van der Waals surface area contributed by atoms with Gasteiger partial charge in [0.25, 0.3) is 0 Å². The normalized spacial score (nSPS) is 14.4. The summed E-state index contributed by atoms with van der Waals surface area (Å²) in [6.45, 7) is 8.54. The second kappa shape index (κ2) is 6.89. The van der Waals surface area contributed by atoms with Crippen molar-refractivity contribution in [3.05, 3.63) is 0 Å². The second-order valence-corrected chi connectivity index (χ2v) is 24.0. The molecule has 0 aliphatic rings. The van der Waals surface area contributed by atoms with Gasteiger partial charge < -0.3 is 0 Å². The second-order valence-electron chi connectivity index (χ2n) is 4.99. The Hall–Kier alpha value is 0.288. The summed E-state index contributed by atoms with van der Waals surface area (Å²) in [6, 6.07) is 0. The molecule has 0 atom stereocenters. The van der Waals surface area contributed by atoms with Gasteiger partial charge in [0.15, 0.2) is 0 Å². The van der Waals surface area contributed by atoms with Gasteiger partial charge in [0.1, 0.15) is 0 Å². The van der Waals surface area contributed by atoms with E-state index in [2.05, 4.69) is 27.7 Å². The third kappa shape index (κ3) is 3.15. The molecule has 0 unspecified atom stereocenters. The number of carboxylic acid groups (broad SMARTS) is 1. The van der Waals surface area contributed by atoms with E-state index in [0.717, 1.165) is 23.9 Å². The van der Waals surface area contributed by atoms with Gasteiger partial charge in [-0.25, -0.2) is 0 Å². The summed E-state index contributed by atoms with van der Waals surface area (Å²) in [5.41, 5.74) is 0. The first-order valence-corrected chi connectivity index (χ1v) is 15.2. The molecular weight excluding hydrogens is 310 g/mol. The molecular formula is C13H29O2Sb. The van der Waals surface area contributed by atoms with Gasteiger partial charge in [-0.15, -0.1) is 0 Å². The van der Waals surface area contributed by atoms with Gasteiger partial charge in [0.2, 0.25) is 0 Å². The minimum atomic E-state index is -3.33. The number of hydrogen-bond acceptors (Lipinski definition) is 1. The zero-order chi connectivity index (χ0) is 12.7. The Bertz CT molecular complexity index is 211. The number of carbonyl (C=O) groups is 1. The Kier molecular flexibility index (Phi) is 7.01. The molecule has 0 aliphatic carbocycles. The molecule has 0 radical (unpaired) electrons. The summed E-state index contributed by atoms with van der Waals surface area (Å²) in [6.07, 6.45) is 4.82. The van der Waals surface area contributed by atoms with Crippen LogP contribution >= 0.6 is 0 Å². The average molecular weight is 339 g/mol. The van der Waals surface area contributed by atoms with E-state index in [1.165, 1.54) is 19.3 Å². The number of rotatable bonds is 9. The number of hydrogen-bond donors (Lipinski definition) is 1. The summed E-state index contributed by atoms with van der Waals surface area (Å²) in [7, 11) is 0.